The molecule has 0 bridgehead atoms. The molecule has 1 amide bonds. The van der Waals surface area contributed by atoms with Crippen molar-refractivity contribution in [2.45, 2.75) is 6.92 Å². The Morgan fingerprint density at radius 3 is 2.67 bits per heavy atom. The van der Waals surface area contributed by atoms with Crippen LogP contribution in [0, 0.1) is 6.92 Å². The molecule has 0 heterocycles. The van der Waals surface area contributed by atoms with Gasteiger partial charge in [-0.3, -0.25) is 4.79 Å². The highest BCUT2D eigenvalue weighted by Gasteiger charge is 2.03. The van der Waals surface area contributed by atoms with E-state index in [-0.39, 0.29) is 0 Å². The van der Waals surface area contributed by atoms with E-state index in [0.717, 1.165) is 11.1 Å². The van der Waals surface area contributed by atoms with Gasteiger partial charge in [0.15, 0.2) is 0 Å². The first kappa shape index (κ1) is 8.53. The average Bonchev–Trinajstić information content (AvgIpc) is 2.03. The molecule has 0 radical (unpaired) electrons. The van der Waals surface area contributed by atoms with E-state index in [2.05, 4.69) is 6.58 Å². The fraction of sp³-hybridized carbons (Fsp3) is 0.100. The number of carbonyl (C=O) groups is 1. The first-order valence-electron chi connectivity index (χ1n) is 3.67. The Bertz CT molecular complexity index is 328. The van der Waals surface area contributed by atoms with Crippen LogP contribution >= 0.6 is 0 Å². The zero-order valence-corrected chi connectivity index (χ0v) is 7.00. The number of amides is 1. The van der Waals surface area contributed by atoms with Crippen LogP contribution in [0.25, 0.3) is 5.57 Å². The first-order chi connectivity index (χ1) is 5.61. The largest absolute Gasteiger partial charge is 0.366 e. The molecule has 1 rings (SSSR count). The maximum absolute atomic E-state index is 10.7. The third kappa shape index (κ3) is 1.72. The van der Waals surface area contributed by atoms with Gasteiger partial charge in [0.1, 0.15) is 0 Å². The van der Waals surface area contributed by atoms with Gasteiger partial charge in [0.05, 0.1) is 0 Å². The Morgan fingerprint density at radius 2 is 2.17 bits per heavy atom. The van der Waals surface area contributed by atoms with E-state index >= 15 is 0 Å². The minimum Gasteiger partial charge on any atom is -0.366 e. The quantitative estimate of drug-likeness (QED) is 0.656. The summed E-state index contributed by atoms with van der Waals surface area (Å²) in [6.45, 7) is 5.55. The molecule has 0 aliphatic heterocycles. The summed E-state index contributed by atoms with van der Waals surface area (Å²) in [5, 5.41) is 0. The zero-order valence-electron chi connectivity index (χ0n) is 7.00. The minimum absolute atomic E-state index is 0.360. The molecule has 0 aliphatic rings. The summed E-state index contributed by atoms with van der Waals surface area (Å²) < 4.78 is 0. The van der Waals surface area contributed by atoms with Crippen LogP contribution in [0.1, 0.15) is 11.1 Å². The summed E-state index contributed by atoms with van der Waals surface area (Å²) in [6.07, 6.45) is 0. The number of hydrogen-bond donors (Lipinski definition) is 1. The second-order valence-corrected chi connectivity index (χ2v) is 2.71. The molecule has 12 heavy (non-hydrogen) atoms. The molecule has 0 atom stereocenters. The lowest BCUT2D eigenvalue weighted by atomic mass is 10.1. The maximum atomic E-state index is 10.7. The second-order valence-electron chi connectivity index (χ2n) is 2.71. The van der Waals surface area contributed by atoms with Crippen molar-refractivity contribution in [2.24, 2.45) is 5.73 Å². The highest BCUT2D eigenvalue weighted by molar-refractivity contribution is 6.17. The van der Waals surface area contributed by atoms with E-state index in [1.54, 1.807) is 0 Å². The van der Waals surface area contributed by atoms with Crippen LogP contribution in [0.4, 0.5) is 0 Å². The number of aryl methyl sites for hydroxylation is 1. The fourth-order valence-electron chi connectivity index (χ4n) is 0.975. The van der Waals surface area contributed by atoms with Crippen LogP contribution in [0.5, 0.6) is 0 Å². The third-order valence-electron chi connectivity index (χ3n) is 1.66. The van der Waals surface area contributed by atoms with Gasteiger partial charge in [-0.05, 0) is 12.5 Å². The predicted octanol–water partition coefficient (Wildman–Crippen LogP) is 1.49. The van der Waals surface area contributed by atoms with Crippen molar-refractivity contribution < 1.29 is 4.79 Å². The Labute approximate surface area is 71.7 Å². The molecule has 2 heteroatoms. The molecule has 0 saturated carbocycles. The van der Waals surface area contributed by atoms with Gasteiger partial charge in [-0.15, -0.1) is 0 Å². The first-order valence-corrected chi connectivity index (χ1v) is 3.67. The molecule has 0 unspecified atom stereocenters. The number of hydrogen-bond acceptors (Lipinski definition) is 1. The highest BCUT2D eigenvalue weighted by Crippen LogP contribution is 2.12. The number of rotatable bonds is 2. The van der Waals surface area contributed by atoms with Gasteiger partial charge in [0.25, 0.3) is 0 Å². The van der Waals surface area contributed by atoms with Crippen LogP contribution in [0.15, 0.2) is 30.8 Å². The van der Waals surface area contributed by atoms with Crippen molar-refractivity contribution >= 4 is 11.5 Å². The van der Waals surface area contributed by atoms with Crippen molar-refractivity contribution in [1.82, 2.24) is 0 Å². The molecule has 1 aromatic carbocycles. The minimum atomic E-state index is -0.472. The molecule has 1 aromatic rings. The summed E-state index contributed by atoms with van der Waals surface area (Å²) in [6, 6.07) is 7.53. The van der Waals surface area contributed by atoms with Crippen LogP contribution in [0.2, 0.25) is 0 Å². The molecule has 0 aromatic heterocycles. The molecule has 0 fully saturated rings. The molecule has 2 nitrogen and oxygen atoms in total. The van der Waals surface area contributed by atoms with Crippen molar-refractivity contribution in [3.63, 3.8) is 0 Å². The fourth-order valence-corrected chi connectivity index (χ4v) is 0.975. The molecular weight excluding hydrogens is 150 g/mol. The summed E-state index contributed by atoms with van der Waals surface area (Å²) in [4.78, 5) is 10.7. The van der Waals surface area contributed by atoms with Gasteiger partial charge in [0, 0.05) is 5.57 Å². The van der Waals surface area contributed by atoms with Crippen molar-refractivity contribution in [3.05, 3.63) is 42.0 Å². The van der Waals surface area contributed by atoms with Crippen LogP contribution in [-0.2, 0) is 4.79 Å². The average molecular weight is 161 g/mol. The summed E-state index contributed by atoms with van der Waals surface area (Å²) in [5.41, 5.74) is 7.33. The third-order valence-corrected chi connectivity index (χ3v) is 1.66. The lowest BCUT2D eigenvalue weighted by molar-refractivity contribution is -0.112. The molecule has 0 spiro atoms. The molecule has 0 aliphatic carbocycles. The van der Waals surface area contributed by atoms with Crippen molar-refractivity contribution in [1.29, 1.82) is 0 Å². The summed E-state index contributed by atoms with van der Waals surface area (Å²) >= 11 is 0. The zero-order chi connectivity index (χ0) is 9.14. The molecule has 2 N–H and O–H groups in total. The lowest BCUT2D eigenvalue weighted by Crippen LogP contribution is -2.11. The van der Waals surface area contributed by atoms with Crippen LogP contribution < -0.4 is 5.73 Å². The Kier molecular flexibility index (Phi) is 2.29. The van der Waals surface area contributed by atoms with E-state index in [9.17, 15) is 4.79 Å². The second kappa shape index (κ2) is 3.22. The van der Waals surface area contributed by atoms with Gasteiger partial charge in [-0.1, -0.05) is 36.4 Å². The van der Waals surface area contributed by atoms with E-state index in [4.69, 9.17) is 5.73 Å². The van der Waals surface area contributed by atoms with E-state index in [0.29, 0.717) is 5.57 Å². The smallest absolute Gasteiger partial charge is 0.248 e. The topological polar surface area (TPSA) is 43.1 Å². The number of carbonyl (C=O) groups excluding carboxylic acids is 1. The molecule has 0 saturated heterocycles. The van der Waals surface area contributed by atoms with Gasteiger partial charge in [-0.25, -0.2) is 0 Å². The van der Waals surface area contributed by atoms with Crippen molar-refractivity contribution in [3.8, 4) is 0 Å². The van der Waals surface area contributed by atoms with Crippen LogP contribution in [-0.4, -0.2) is 5.91 Å². The Balaban J connectivity index is 3.04. The normalized spacial score (nSPS) is 9.42. The maximum Gasteiger partial charge on any atom is 0.248 e. The van der Waals surface area contributed by atoms with Crippen LogP contribution in [0.3, 0.4) is 0 Å². The van der Waals surface area contributed by atoms with Gasteiger partial charge >= 0.3 is 0 Å². The monoisotopic (exact) mass is 161 g/mol. The predicted molar refractivity (Wildman–Crippen MR) is 49.4 cm³/mol. The standard InChI is InChI=1S/C10H11NO/c1-7-4-3-5-9(6-7)8(2)10(11)12/h3-6H,2H2,1H3,(H2,11,12). The van der Waals surface area contributed by atoms with E-state index in [1.807, 2.05) is 31.2 Å². The highest BCUT2D eigenvalue weighted by atomic mass is 16.1. The number of primary amides is 1. The Hall–Kier alpha value is -1.57. The summed E-state index contributed by atoms with van der Waals surface area (Å²) in [7, 11) is 0. The van der Waals surface area contributed by atoms with Gasteiger partial charge in [0.2, 0.25) is 5.91 Å². The SMILES string of the molecule is C=C(C(N)=O)c1cccc(C)c1. The number of nitrogens with two attached hydrogens (primary N) is 1. The van der Waals surface area contributed by atoms with E-state index in [1.165, 1.54) is 0 Å². The van der Waals surface area contributed by atoms with Gasteiger partial charge < -0.3 is 5.73 Å². The van der Waals surface area contributed by atoms with E-state index < -0.39 is 5.91 Å². The lowest BCUT2D eigenvalue weighted by Gasteiger charge is -2.01. The number of benzene rings is 1. The molecular formula is C10H11NO. The Morgan fingerprint density at radius 1 is 1.50 bits per heavy atom. The molecule has 62 valence electrons. The summed E-state index contributed by atoms with van der Waals surface area (Å²) in [5.74, 6) is -0.472. The van der Waals surface area contributed by atoms with Gasteiger partial charge in [-0.2, -0.15) is 0 Å². The van der Waals surface area contributed by atoms with Crippen molar-refractivity contribution in [2.75, 3.05) is 0 Å².